The number of anilines is 2. The fourth-order valence-electron chi connectivity index (χ4n) is 2.33. The quantitative estimate of drug-likeness (QED) is 0.817. The van der Waals surface area contributed by atoms with Crippen LogP contribution in [0.15, 0.2) is 18.2 Å². The molecule has 2 aliphatic carbocycles. The number of alkyl halides is 2. The Balaban J connectivity index is 1.73. The van der Waals surface area contributed by atoms with Crippen molar-refractivity contribution >= 4 is 46.4 Å². The van der Waals surface area contributed by atoms with Gasteiger partial charge in [-0.05, 0) is 50.8 Å². The van der Waals surface area contributed by atoms with E-state index in [9.17, 15) is 9.59 Å². The normalized spacial score (nSPS) is 25.5. The summed E-state index contributed by atoms with van der Waals surface area (Å²) in [7, 11) is 0. The van der Waals surface area contributed by atoms with Crippen molar-refractivity contribution in [1.29, 1.82) is 0 Å². The van der Waals surface area contributed by atoms with Crippen molar-refractivity contribution in [3.63, 3.8) is 0 Å². The third kappa shape index (κ3) is 2.82. The molecule has 22 heavy (non-hydrogen) atoms. The van der Waals surface area contributed by atoms with E-state index in [-0.39, 0.29) is 17.7 Å². The maximum atomic E-state index is 12.3. The Labute approximate surface area is 139 Å². The maximum absolute atomic E-state index is 12.3. The molecule has 4 nitrogen and oxygen atoms in total. The van der Waals surface area contributed by atoms with E-state index in [4.69, 9.17) is 23.2 Å². The van der Waals surface area contributed by atoms with Crippen LogP contribution in [-0.4, -0.2) is 16.1 Å². The van der Waals surface area contributed by atoms with Crippen molar-refractivity contribution in [2.45, 2.75) is 37.4 Å². The smallest absolute Gasteiger partial charge is 0.233 e. The molecule has 1 aromatic rings. The minimum atomic E-state index is -0.997. The summed E-state index contributed by atoms with van der Waals surface area (Å²) in [4.78, 5) is 24.2. The SMILES string of the molecule is Cc1ccc(NC(=O)C2CC2)cc1NC(=O)C1(C)CC1(Cl)Cl. The van der Waals surface area contributed by atoms with Crippen LogP contribution in [-0.2, 0) is 9.59 Å². The Hall–Kier alpha value is -1.26. The summed E-state index contributed by atoms with van der Waals surface area (Å²) < 4.78 is -0.997. The fourth-order valence-corrected chi connectivity index (χ4v) is 3.04. The molecule has 2 N–H and O–H groups in total. The van der Waals surface area contributed by atoms with Crippen molar-refractivity contribution < 1.29 is 9.59 Å². The summed E-state index contributed by atoms with van der Waals surface area (Å²) in [6, 6.07) is 5.46. The van der Waals surface area contributed by atoms with Crippen molar-refractivity contribution in [2.75, 3.05) is 10.6 Å². The minimum absolute atomic E-state index is 0.0378. The topological polar surface area (TPSA) is 58.2 Å². The molecule has 0 saturated heterocycles. The van der Waals surface area contributed by atoms with Gasteiger partial charge in [0.2, 0.25) is 11.8 Å². The third-order valence-electron chi connectivity index (χ3n) is 4.46. The van der Waals surface area contributed by atoms with Crippen LogP contribution in [0.4, 0.5) is 11.4 Å². The number of nitrogens with one attached hydrogen (secondary N) is 2. The number of hydrogen-bond acceptors (Lipinski definition) is 2. The molecule has 2 aliphatic rings. The molecule has 0 bridgehead atoms. The first kappa shape index (κ1) is 15.6. The fraction of sp³-hybridized carbons (Fsp3) is 0.500. The molecule has 2 fully saturated rings. The molecule has 6 heteroatoms. The monoisotopic (exact) mass is 340 g/mol. The number of amides is 2. The zero-order valence-corrected chi connectivity index (χ0v) is 14.0. The summed E-state index contributed by atoms with van der Waals surface area (Å²) >= 11 is 12.1. The Kier molecular flexibility index (Phi) is 3.65. The maximum Gasteiger partial charge on any atom is 0.233 e. The van der Waals surface area contributed by atoms with E-state index in [1.807, 2.05) is 19.1 Å². The highest BCUT2D eigenvalue weighted by molar-refractivity contribution is 6.53. The molecule has 2 amide bonds. The van der Waals surface area contributed by atoms with E-state index in [1.165, 1.54) is 0 Å². The van der Waals surface area contributed by atoms with E-state index in [1.54, 1.807) is 13.0 Å². The van der Waals surface area contributed by atoms with Gasteiger partial charge in [0.1, 0.15) is 4.33 Å². The highest BCUT2D eigenvalue weighted by atomic mass is 35.5. The molecule has 1 atom stereocenters. The van der Waals surface area contributed by atoms with Gasteiger partial charge in [-0.2, -0.15) is 0 Å². The molecule has 3 rings (SSSR count). The number of hydrogen-bond donors (Lipinski definition) is 2. The summed E-state index contributed by atoms with van der Waals surface area (Å²) in [5.74, 6) is -0.0279. The number of benzene rings is 1. The van der Waals surface area contributed by atoms with Crippen LogP contribution >= 0.6 is 23.2 Å². The van der Waals surface area contributed by atoms with Gasteiger partial charge < -0.3 is 10.6 Å². The first-order valence-corrected chi connectivity index (χ1v) is 8.09. The summed E-state index contributed by atoms with van der Waals surface area (Å²) in [5.41, 5.74) is 1.49. The second kappa shape index (κ2) is 5.14. The molecule has 0 radical (unpaired) electrons. The van der Waals surface area contributed by atoms with Crippen LogP contribution < -0.4 is 10.6 Å². The van der Waals surface area contributed by atoms with Crippen LogP contribution in [0.3, 0.4) is 0 Å². The average molecular weight is 341 g/mol. The molecular weight excluding hydrogens is 323 g/mol. The predicted octanol–water partition coefficient (Wildman–Crippen LogP) is 3.87. The summed E-state index contributed by atoms with van der Waals surface area (Å²) in [6.07, 6.45) is 2.34. The van der Waals surface area contributed by atoms with Gasteiger partial charge in [0, 0.05) is 17.3 Å². The highest BCUT2D eigenvalue weighted by Crippen LogP contribution is 2.64. The zero-order chi connectivity index (χ0) is 16.1. The number of rotatable bonds is 4. The molecule has 1 aromatic carbocycles. The lowest BCUT2D eigenvalue weighted by Gasteiger charge is -2.15. The molecule has 0 aromatic heterocycles. The summed E-state index contributed by atoms with van der Waals surface area (Å²) in [5, 5.41) is 5.74. The number of aryl methyl sites for hydroxylation is 1. The van der Waals surface area contributed by atoms with Crippen LogP contribution in [0.5, 0.6) is 0 Å². The Morgan fingerprint density at radius 3 is 2.41 bits per heavy atom. The Bertz CT molecular complexity index is 656. The van der Waals surface area contributed by atoms with Gasteiger partial charge in [-0.1, -0.05) is 6.07 Å². The average Bonchev–Trinajstić information content (AvgIpc) is 3.32. The second-order valence-corrected chi connectivity index (χ2v) is 7.94. The lowest BCUT2D eigenvalue weighted by molar-refractivity contribution is -0.120. The van der Waals surface area contributed by atoms with Gasteiger partial charge in [-0.15, -0.1) is 23.2 Å². The lowest BCUT2D eigenvalue weighted by Crippen LogP contribution is -2.26. The van der Waals surface area contributed by atoms with Crippen LogP contribution in [0.2, 0.25) is 0 Å². The molecule has 2 saturated carbocycles. The van der Waals surface area contributed by atoms with E-state index < -0.39 is 9.75 Å². The third-order valence-corrected chi connectivity index (χ3v) is 5.56. The van der Waals surface area contributed by atoms with Crippen LogP contribution in [0.1, 0.15) is 31.7 Å². The molecule has 0 heterocycles. The molecular formula is C16H18Cl2N2O2. The van der Waals surface area contributed by atoms with Gasteiger partial charge in [0.05, 0.1) is 5.41 Å². The first-order valence-electron chi connectivity index (χ1n) is 7.34. The number of halogens is 2. The van der Waals surface area contributed by atoms with Crippen molar-refractivity contribution in [1.82, 2.24) is 0 Å². The van der Waals surface area contributed by atoms with Crippen LogP contribution in [0.25, 0.3) is 0 Å². The Morgan fingerprint density at radius 1 is 1.23 bits per heavy atom. The standard InChI is InChI=1S/C16H18Cl2N2O2/c1-9-3-6-11(19-13(21)10-4-5-10)7-12(9)20-14(22)15(2)8-16(15,17)18/h3,6-7,10H,4-5,8H2,1-2H3,(H,19,21)(H,20,22). The number of carbonyl (C=O) groups excluding carboxylic acids is 2. The van der Waals surface area contributed by atoms with Crippen molar-refractivity contribution in [3.8, 4) is 0 Å². The first-order chi connectivity index (χ1) is 10.2. The minimum Gasteiger partial charge on any atom is -0.326 e. The van der Waals surface area contributed by atoms with Crippen molar-refractivity contribution in [2.24, 2.45) is 11.3 Å². The zero-order valence-electron chi connectivity index (χ0n) is 12.5. The highest BCUT2D eigenvalue weighted by Gasteiger charge is 2.67. The Morgan fingerprint density at radius 2 is 1.86 bits per heavy atom. The molecule has 118 valence electrons. The van der Waals surface area contributed by atoms with Gasteiger partial charge in [-0.25, -0.2) is 0 Å². The number of carbonyl (C=O) groups is 2. The van der Waals surface area contributed by atoms with E-state index >= 15 is 0 Å². The van der Waals surface area contributed by atoms with Crippen LogP contribution in [0, 0.1) is 18.3 Å². The molecule has 0 spiro atoms. The largest absolute Gasteiger partial charge is 0.326 e. The summed E-state index contributed by atoms with van der Waals surface area (Å²) in [6.45, 7) is 3.64. The van der Waals surface area contributed by atoms with Gasteiger partial charge >= 0.3 is 0 Å². The van der Waals surface area contributed by atoms with Gasteiger partial charge in [-0.3, -0.25) is 9.59 Å². The van der Waals surface area contributed by atoms with Gasteiger partial charge in [0.15, 0.2) is 0 Å². The van der Waals surface area contributed by atoms with E-state index in [0.29, 0.717) is 17.8 Å². The lowest BCUT2D eigenvalue weighted by atomic mass is 10.1. The molecule has 1 unspecified atom stereocenters. The molecule has 0 aliphatic heterocycles. The van der Waals surface area contributed by atoms with Crippen molar-refractivity contribution in [3.05, 3.63) is 23.8 Å². The van der Waals surface area contributed by atoms with Gasteiger partial charge in [0.25, 0.3) is 0 Å². The predicted molar refractivity (Wildman–Crippen MR) is 88.3 cm³/mol. The second-order valence-electron chi connectivity index (χ2n) is 6.46. The van der Waals surface area contributed by atoms with E-state index in [0.717, 1.165) is 18.4 Å². The van der Waals surface area contributed by atoms with E-state index in [2.05, 4.69) is 10.6 Å².